The van der Waals surface area contributed by atoms with Gasteiger partial charge >= 0.3 is 0 Å². The van der Waals surface area contributed by atoms with Crippen LogP contribution in [0.2, 0.25) is 0 Å². The van der Waals surface area contributed by atoms with Crippen LogP contribution in [0.25, 0.3) is 16.9 Å². The number of rotatable bonds is 8. The van der Waals surface area contributed by atoms with Crippen molar-refractivity contribution in [3.63, 3.8) is 0 Å². The predicted molar refractivity (Wildman–Crippen MR) is 141 cm³/mol. The molecule has 0 aliphatic carbocycles. The molecular weight excluding hydrogens is 450 g/mol. The Bertz CT molecular complexity index is 1330. The number of amides is 1. The highest BCUT2D eigenvalue weighted by molar-refractivity contribution is 5.95. The Morgan fingerprint density at radius 2 is 1.89 bits per heavy atom. The summed E-state index contributed by atoms with van der Waals surface area (Å²) in [6.45, 7) is 5.71. The van der Waals surface area contributed by atoms with Gasteiger partial charge in [0.15, 0.2) is 5.65 Å². The molecule has 1 fully saturated rings. The van der Waals surface area contributed by atoms with E-state index in [9.17, 15) is 4.79 Å². The minimum absolute atomic E-state index is 0.0888. The number of likely N-dealkylation sites (tertiary alicyclic amines) is 1. The van der Waals surface area contributed by atoms with Crippen LogP contribution < -0.4 is 10.1 Å². The van der Waals surface area contributed by atoms with E-state index in [1.54, 1.807) is 17.8 Å². The molecule has 3 heterocycles. The van der Waals surface area contributed by atoms with Crippen LogP contribution in [0.3, 0.4) is 0 Å². The number of hydrogen-bond acceptors (Lipinski definition) is 5. The van der Waals surface area contributed by atoms with Gasteiger partial charge in [0.05, 0.1) is 24.1 Å². The minimum Gasteiger partial charge on any atom is -0.497 e. The summed E-state index contributed by atoms with van der Waals surface area (Å²) in [7, 11) is 1.71. The molecule has 1 N–H and O–H groups in total. The lowest BCUT2D eigenvalue weighted by molar-refractivity contribution is 0.0946. The number of hydrogen-bond donors (Lipinski definition) is 1. The highest BCUT2D eigenvalue weighted by Crippen LogP contribution is 2.23. The van der Waals surface area contributed by atoms with E-state index in [0.29, 0.717) is 18.0 Å². The van der Waals surface area contributed by atoms with E-state index < -0.39 is 0 Å². The molecule has 0 unspecified atom stereocenters. The van der Waals surface area contributed by atoms with E-state index in [1.807, 2.05) is 55.5 Å². The van der Waals surface area contributed by atoms with E-state index in [4.69, 9.17) is 4.74 Å². The molecule has 0 atom stereocenters. The molecule has 1 amide bonds. The SMILES string of the molecule is COc1cccc(CN2CCC(CCNC(=O)c3cnc4cc(-c5ccccc5)nn4c3C)CC2)c1. The molecule has 1 saturated heterocycles. The van der Waals surface area contributed by atoms with Crippen LogP contribution in [0.1, 0.15) is 40.9 Å². The molecule has 2 aromatic carbocycles. The number of benzene rings is 2. The number of carbonyl (C=O) groups is 1. The van der Waals surface area contributed by atoms with Gasteiger partial charge in [-0.25, -0.2) is 9.50 Å². The smallest absolute Gasteiger partial charge is 0.254 e. The number of nitrogens with zero attached hydrogens (tertiary/aromatic N) is 4. The van der Waals surface area contributed by atoms with Gasteiger partial charge in [0, 0.05) is 30.9 Å². The van der Waals surface area contributed by atoms with Crippen LogP contribution in [0.4, 0.5) is 0 Å². The summed E-state index contributed by atoms with van der Waals surface area (Å²) in [6.07, 6.45) is 4.96. The first-order chi connectivity index (χ1) is 17.6. The average molecular weight is 484 g/mol. The second kappa shape index (κ2) is 10.9. The number of methoxy groups -OCH3 is 1. The van der Waals surface area contributed by atoms with Crippen molar-refractivity contribution >= 4 is 11.6 Å². The highest BCUT2D eigenvalue weighted by atomic mass is 16.5. The second-order valence-corrected chi connectivity index (χ2v) is 9.54. The zero-order chi connectivity index (χ0) is 24.9. The van der Waals surface area contributed by atoms with E-state index >= 15 is 0 Å². The molecule has 0 spiro atoms. The molecule has 1 aliphatic heterocycles. The number of ether oxygens (including phenoxy) is 1. The van der Waals surface area contributed by atoms with Crippen molar-refractivity contribution in [1.29, 1.82) is 0 Å². The van der Waals surface area contributed by atoms with Gasteiger partial charge in [0.1, 0.15) is 5.75 Å². The Hall–Kier alpha value is -3.71. The number of aromatic nitrogens is 3. The van der Waals surface area contributed by atoms with Crippen LogP contribution in [0.5, 0.6) is 5.75 Å². The molecule has 0 bridgehead atoms. The van der Waals surface area contributed by atoms with Crippen molar-refractivity contribution < 1.29 is 9.53 Å². The van der Waals surface area contributed by atoms with Crippen LogP contribution in [-0.2, 0) is 6.54 Å². The van der Waals surface area contributed by atoms with E-state index in [0.717, 1.165) is 67.2 Å². The Labute approximate surface area is 212 Å². The first kappa shape index (κ1) is 24.0. The number of piperidine rings is 1. The number of fused-ring (bicyclic) bond motifs is 1. The van der Waals surface area contributed by atoms with Crippen molar-refractivity contribution in [3.05, 3.63) is 83.7 Å². The molecule has 36 heavy (non-hydrogen) atoms. The summed E-state index contributed by atoms with van der Waals surface area (Å²) in [4.78, 5) is 19.9. The molecule has 0 radical (unpaired) electrons. The maximum Gasteiger partial charge on any atom is 0.254 e. The molecule has 7 heteroatoms. The number of aryl methyl sites for hydroxylation is 1. The van der Waals surface area contributed by atoms with Crippen molar-refractivity contribution in [1.82, 2.24) is 24.8 Å². The summed E-state index contributed by atoms with van der Waals surface area (Å²) < 4.78 is 7.10. The normalized spacial score (nSPS) is 14.7. The van der Waals surface area contributed by atoms with Crippen molar-refractivity contribution in [2.24, 2.45) is 5.92 Å². The third kappa shape index (κ3) is 5.41. The zero-order valence-corrected chi connectivity index (χ0v) is 21.0. The summed E-state index contributed by atoms with van der Waals surface area (Å²) in [5.74, 6) is 1.45. The third-order valence-corrected chi connectivity index (χ3v) is 7.12. The van der Waals surface area contributed by atoms with Crippen molar-refractivity contribution in [2.45, 2.75) is 32.7 Å². The van der Waals surface area contributed by atoms with Gasteiger partial charge in [-0.2, -0.15) is 5.10 Å². The Balaban J connectivity index is 1.12. The van der Waals surface area contributed by atoms with E-state index in [-0.39, 0.29) is 5.91 Å². The largest absolute Gasteiger partial charge is 0.497 e. The van der Waals surface area contributed by atoms with Crippen LogP contribution >= 0.6 is 0 Å². The van der Waals surface area contributed by atoms with E-state index in [2.05, 4.69) is 32.4 Å². The zero-order valence-electron chi connectivity index (χ0n) is 21.0. The fourth-order valence-corrected chi connectivity index (χ4v) is 4.97. The topological polar surface area (TPSA) is 71.8 Å². The van der Waals surface area contributed by atoms with Crippen LogP contribution in [0.15, 0.2) is 66.9 Å². The van der Waals surface area contributed by atoms with Gasteiger partial charge in [-0.3, -0.25) is 9.69 Å². The summed E-state index contributed by atoms with van der Waals surface area (Å²) in [5, 5.41) is 7.79. The van der Waals surface area contributed by atoms with Crippen molar-refractivity contribution in [3.8, 4) is 17.0 Å². The second-order valence-electron chi connectivity index (χ2n) is 9.54. The molecule has 5 rings (SSSR count). The first-order valence-electron chi connectivity index (χ1n) is 12.6. The lowest BCUT2D eigenvalue weighted by Gasteiger charge is -2.32. The molecule has 7 nitrogen and oxygen atoms in total. The van der Waals surface area contributed by atoms with Crippen LogP contribution in [0, 0.1) is 12.8 Å². The fourth-order valence-electron chi connectivity index (χ4n) is 4.97. The highest BCUT2D eigenvalue weighted by Gasteiger charge is 2.20. The van der Waals surface area contributed by atoms with Gasteiger partial charge in [-0.15, -0.1) is 0 Å². The standard InChI is InChI=1S/C29H33N5O2/c1-21-26(19-31-28-18-27(32-34(21)28)24-8-4-3-5-9-24)29(35)30-14-11-22-12-15-33(16-13-22)20-23-7-6-10-25(17-23)36-2/h3-10,17-19,22H,11-16,20H2,1-2H3,(H,30,35). The summed E-state index contributed by atoms with van der Waals surface area (Å²) in [5.41, 5.74) is 5.27. The minimum atomic E-state index is -0.0888. The molecule has 4 aromatic rings. The number of nitrogens with one attached hydrogen (secondary N) is 1. The average Bonchev–Trinajstić information content (AvgIpc) is 3.36. The molecular formula is C29H33N5O2. The van der Waals surface area contributed by atoms with Gasteiger partial charge in [-0.05, 0) is 62.9 Å². The fraction of sp³-hybridized carbons (Fsp3) is 0.345. The van der Waals surface area contributed by atoms with Crippen molar-refractivity contribution in [2.75, 3.05) is 26.7 Å². The molecule has 2 aromatic heterocycles. The van der Waals surface area contributed by atoms with Crippen LogP contribution in [-0.4, -0.2) is 52.1 Å². The Morgan fingerprint density at radius 3 is 2.67 bits per heavy atom. The monoisotopic (exact) mass is 483 g/mol. The number of carbonyl (C=O) groups excluding carboxylic acids is 1. The van der Waals surface area contributed by atoms with Gasteiger partial charge in [0.2, 0.25) is 0 Å². The Morgan fingerprint density at radius 1 is 1.08 bits per heavy atom. The summed E-state index contributed by atoms with van der Waals surface area (Å²) >= 11 is 0. The maximum atomic E-state index is 12.9. The summed E-state index contributed by atoms with van der Waals surface area (Å²) in [6, 6.07) is 20.3. The maximum absolute atomic E-state index is 12.9. The quantitative estimate of drug-likeness (QED) is 0.392. The molecule has 0 saturated carbocycles. The van der Waals surface area contributed by atoms with Gasteiger partial charge in [0.25, 0.3) is 5.91 Å². The third-order valence-electron chi connectivity index (χ3n) is 7.12. The van der Waals surface area contributed by atoms with E-state index in [1.165, 1.54) is 5.56 Å². The van der Waals surface area contributed by atoms with Gasteiger partial charge in [-0.1, -0.05) is 42.5 Å². The first-order valence-corrected chi connectivity index (χ1v) is 12.6. The lowest BCUT2D eigenvalue weighted by Crippen LogP contribution is -2.35. The molecule has 1 aliphatic rings. The lowest BCUT2D eigenvalue weighted by atomic mass is 9.93. The molecule has 186 valence electrons. The predicted octanol–water partition coefficient (Wildman–Crippen LogP) is 4.75. The Kier molecular flexibility index (Phi) is 7.28. The van der Waals surface area contributed by atoms with Gasteiger partial charge < -0.3 is 10.1 Å².